The number of hydrogen-bond acceptors (Lipinski definition) is 3. The van der Waals surface area contributed by atoms with E-state index in [0.717, 1.165) is 0 Å². The van der Waals surface area contributed by atoms with Crippen LogP contribution < -0.4 is 5.32 Å². The number of rotatable bonds is 5. The molecule has 1 aromatic rings. The lowest BCUT2D eigenvalue weighted by molar-refractivity contribution is 0.0697. The molecular formula is C13H19BrN2O2. The van der Waals surface area contributed by atoms with Crippen LogP contribution in [0.1, 0.15) is 24.2 Å². The maximum atomic E-state index is 11.2. The van der Waals surface area contributed by atoms with E-state index in [4.69, 9.17) is 0 Å². The van der Waals surface area contributed by atoms with Crippen molar-refractivity contribution in [2.24, 2.45) is 0 Å². The normalized spacial score (nSPS) is 11.7. The molecule has 5 heteroatoms. The fraction of sp³-hybridized carbons (Fsp3) is 0.462. The van der Waals surface area contributed by atoms with Gasteiger partial charge in [0.05, 0.1) is 5.56 Å². The minimum atomic E-state index is -0.937. The second kappa shape index (κ2) is 5.71. The molecule has 0 aliphatic carbocycles. The molecule has 4 nitrogen and oxygen atoms in total. The molecule has 0 saturated heterocycles. The topological polar surface area (TPSA) is 52.6 Å². The van der Waals surface area contributed by atoms with Gasteiger partial charge < -0.3 is 15.3 Å². The highest BCUT2D eigenvalue weighted by atomic mass is 79.9. The fourth-order valence-corrected chi connectivity index (χ4v) is 1.89. The van der Waals surface area contributed by atoms with Crippen LogP contribution in [0.2, 0.25) is 0 Å². The summed E-state index contributed by atoms with van der Waals surface area (Å²) in [6.07, 6.45) is 0. The zero-order chi connectivity index (χ0) is 13.9. The Balaban J connectivity index is 2.92. The summed E-state index contributed by atoms with van der Waals surface area (Å²) in [6.45, 7) is 4.85. The molecule has 100 valence electrons. The third-order valence-electron chi connectivity index (χ3n) is 3.15. The number of carbonyl (C=O) groups is 1. The third kappa shape index (κ3) is 3.46. The number of nitrogens with zero attached hydrogens (tertiary/aromatic N) is 1. The first-order valence-electron chi connectivity index (χ1n) is 5.69. The van der Waals surface area contributed by atoms with Crippen LogP contribution in [0.25, 0.3) is 0 Å². The molecule has 0 aliphatic heterocycles. The number of nitrogens with one attached hydrogen (secondary N) is 1. The Bertz CT molecular complexity index is 445. The second-order valence-electron chi connectivity index (χ2n) is 5.03. The van der Waals surface area contributed by atoms with Crippen LogP contribution in [0.5, 0.6) is 0 Å². The molecule has 0 fully saturated rings. The standard InChI is InChI=1S/C13H19BrN2O2/c1-13(2,16(3)4)8-15-10-7-5-6-9(14)11(10)12(17)18/h5-7,15H,8H2,1-4H3,(H,17,18). The predicted octanol–water partition coefficient (Wildman–Crippen LogP) is 2.90. The summed E-state index contributed by atoms with van der Waals surface area (Å²) in [6, 6.07) is 5.33. The van der Waals surface area contributed by atoms with Gasteiger partial charge in [-0.05, 0) is 56.0 Å². The van der Waals surface area contributed by atoms with Crippen molar-refractivity contribution in [3.8, 4) is 0 Å². The van der Waals surface area contributed by atoms with Crippen molar-refractivity contribution >= 4 is 27.6 Å². The first-order chi connectivity index (χ1) is 8.25. The van der Waals surface area contributed by atoms with E-state index < -0.39 is 5.97 Å². The van der Waals surface area contributed by atoms with Gasteiger partial charge in [-0.3, -0.25) is 0 Å². The number of likely N-dealkylation sites (N-methyl/N-ethyl adjacent to an activating group) is 1. The van der Waals surface area contributed by atoms with E-state index in [1.54, 1.807) is 12.1 Å². The number of benzene rings is 1. The molecule has 0 aromatic heterocycles. The molecule has 0 heterocycles. The van der Waals surface area contributed by atoms with E-state index in [9.17, 15) is 9.90 Å². The summed E-state index contributed by atoms with van der Waals surface area (Å²) in [4.78, 5) is 13.3. The number of carboxylic acids is 1. The quantitative estimate of drug-likeness (QED) is 0.877. The van der Waals surface area contributed by atoms with Crippen molar-refractivity contribution in [1.82, 2.24) is 4.90 Å². The molecule has 1 rings (SSSR count). The summed E-state index contributed by atoms with van der Waals surface area (Å²) >= 11 is 3.27. The average molecular weight is 315 g/mol. The molecule has 0 amide bonds. The lowest BCUT2D eigenvalue weighted by Gasteiger charge is -2.33. The Hall–Kier alpha value is -1.07. The smallest absolute Gasteiger partial charge is 0.338 e. The van der Waals surface area contributed by atoms with E-state index in [0.29, 0.717) is 16.7 Å². The van der Waals surface area contributed by atoms with Gasteiger partial charge in [-0.25, -0.2) is 4.79 Å². The van der Waals surface area contributed by atoms with E-state index in [1.165, 1.54) is 0 Å². The van der Waals surface area contributed by atoms with Crippen LogP contribution in [0.15, 0.2) is 22.7 Å². The first kappa shape index (κ1) is 15.0. The monoisotopic (exact) mass is 314 g/mol. The Morgan fingerprint density at radius 2 is 2.06 bits per heavy atom. The average Bonchev–Trinajstić information content (AvgIpc) is 2.25. The summed E-state index contributed by atoms with van der Waals surface area (Å²) in [5.41, 5.74) is 0.844. The Morgan fingerprint density at radius 1 is 1.44 bits per heavy atom. The maximum absolute atomic E-state index is 11.2. The van der Waals surface area contributed by atoms with Crippen LogP contribution >= 0.6 is 15.9 Å². The maximum Gasteiger partial charge on any atom is 0.338 e. The molecule has 0 atom stereocenters. The fourth-order valence-electron chi connectivity index (χ4n) is 1.36. The second-order valence-corrected chi connectivity index (χ2v) is 5.88. The van der Waals surface area contributed by atoms with Gasteiger partial charge in [-0.1, -0.05) is 6.07 Å². The van der Waals surface area contributed by atoms with Gasteiger partial charge in [0.1, 0.15) is 0 Å². The molecule has 18 heavy (non-hydrogen) atoms. The number of hydrogen-bond donors (Lipinski definition) is 2. The number of halogens is 1. The molecule has 2 N–H and O–H groups in total. The van der Waals surface area contributed by atoms with Crippen molar-refractivity contribution in [3.63, 3.8) is 0 Å². The summed E-state index contributed by atoms with van der Waals surface area (Å²) in [5.74, 6) is -0.937. The van der Waals surface area contributed by atoms with Gasteiger partial charge in [-0.2, -0.15) is 0 Å². The van der Waals surface area contributed by atoms with Gasteiger partial charge >= 0.3 is 5.97 Å². The Labute approximate surface area is 116 Å². The van der Waals surface area contributed by atoms with Crippen LogP contribution in [0, 0.1) is 0 Å². The first-order valence-corrected chi connectivity index (χ1v) is 6.48. The molecule has 0 unspecified atom stereocenters. The van der Waals surface area contributed by atoms with Gasteiger partial charge in [0.15, 0.2) is 0 Å². The van der Waals surface area contributed by atoms with E-state index >= 15 is 0 Å². The van der Waals surface area contributed by atoms with Crippen molar-refractivity contribution in [3.05, 3.63) is 28.2 Å². The molecule has 0 radical (unpaired) electrons. The van der Waals surface area contributed by atoms with Crippen molar-refractivity contribution < 1.29 is 9.90 Å². The number of aromatic carboxylic acids is 1. The lowest BCUT2D eigenvalue weighted by Crippen LogP contribution is -2.44. The van der Waals surface area contributed by atoms with Gasteiger partial charge in [0, 0.05) is 22.2 Å². The van der Waals surface area contributed by atoms with Gasteiger partial charge in [-0.15, -0.1) is 0 Å². The molecule has 0 saturated carbocycles. The lowest BCUT2D eigenvalue weighted by atomic mass is 10.0. The van der Waals surface area contributed by atoms with Gasteiger partial charge in [0.2, 0.25) is 0 Å². The predicted molar refractivity (Wildman–Crippen MR) is 77.4 cm³/mol. The highest BCUT2D eigenvalue weighted by molar-refractivity contribution is 9.10. The van der Waals surface area contributed by atoms with E-state index in [1.807, 2.05) is 20.2 Å². The van der Waals surface area contributed by atoms with E-state index in [-0.39, 0.29) is 11.1 Å². The molecule has 0 spiro atoms. The molecular weight excluding hydrogens is 296 g/mol. The minimum Gasteiger partial charge on any atom is -0.478 e. The van der Waals surface area contributed by atoms with Crippen LogP contribution in [0.4, 0.5) is 5.69 Å². The number of carboxylic acid groups (broad SMARTS) is 1. The van der Waals surface area contributed by atoms with Crippen LogP contribution in [-0.2, 0) is 0 Å². The van der Waals surface area contributed by atoms with Crippen molar-refractivity contribution in [2.75, 3.05) is 26.0 Å². The van der Waals surface area contributed by atoms with Gasteiger partial charge in [0.25, 0.3) is 0 Å². The van der Waals surface area contributed by atoms with E-state index in [2.05, 4.69) is 40.0 Å². The highest BCUT2D eigenvalue weighted by Crippen LogP contribution is 2.25. The SMILES string of the molecule is CN(C)C(C)(C)CNc1cccc(Br)c1C(=O)O. The Morgan fingerprint density at radius 3 is 2.56 bits per heavy atom. The zero-order valence-corrected chi connectivity index (χ0v) is 12.7. The summed E-state index contributed by atoms with van der Waals surface area (Å²) in [5, 5.41) is 12.4. The zero-order valence-electron chi connectivity index (χ0n) is 11.1. The molecule has 0 aliphatic rings. The number of anilines is 1. The minimum absolute atomic E-state index is 0.0574. The molecule has 0 bridgehead atoms. The summed E-state index contributed by atoms with van der Waals surface area (Å²) in [7, 11) is 4.00. The molecule has 1 aromatic carbocycles. The van der Waals surface area contributed by atoms with Crippen LogP contribution in [-0.4, -0.2) is 42.2 Å². The van der Waals surface area contributed by atoms with Crippen molar-refractivity contribution in [1.29, 1.82) is 0 Å². The Kier molecular flexibility index (Phi) is 4.76. The highest BCUT2D eigenvalue weighted by Gasteiger charge is 2.21. The largest absolute Gasteiger partial charge is 0.478 e. The van der Waals surface area contributed by atoms with Crippen molar-refractivity contribution in [2.45, 2.75) is 19.4 Å². The third-order valence-corrected chi connectivity index (χ3v) is 3.81. The summed E-state index contributed by atoms with van der Waals surface area (Å²) < 4.78 is 0.586. The van der Waals surface area contributed by atoms with Crippen LogP contribution in [0.3, 0.4) is 0 Å².